The normalized spacial score (nSPS) is 48.4. The molecule has 0 aromatic rings. The Labute approximate surface area is 136 Å². The summed E-state index contributed by atoms with van der Waals surface area (Å²) in [4.78, 5) is 2.53. The van der Waals surface area contributed by atoms with Gasteiger partial charge in [-0.1, -0.05) is 12.2 Å². The molecule has 2 heterocycles. The van der Waals surface area contributed by atoms with E-state index in [0.717, 1.165) is 30.2 Å². The predicted octanol–water partition coefficient (Wildman–Crippen LogP) is 1.64. The van der Waals surface area contributed by atoms with E-state index in [1.807, 2.05) is 0 Å². The molecule has 5 heteroatoms. The van der Waals surface area contributed by atoms with Crippen molar-refractivity contribution in [3.8, 4) is 0 Å². The molecule has 2 aliphatic heterocycles. The molecule has 6 atom stereocenters. The molecule has 1 spiro atoms. The van der Waals surface area contributed by atoms with E-state index in [2.05, 4.69) is 41.4 Å². The van der Waals surface area contributed by atoms with Crippen molar-refractivity contribution in [3.05, 3.63) is 35.8 Å². The third kappa shape index (κ3) is 1.45. The predicted molar refractivity (Wildman–Crippen MR) is 87.4 cm³/mol. The van der Waals surface area contributed by atoms with Crippen molar-refractivity contribution < 1.29 is 9.47 Å². The summed E-state index contributed by atoms with van der Waals surface area (Å²) in [5.41, 5.74) is 0.958. The molecule has 5 nitrogen and oxygen atoms in total. The van der Waals surface area contributed by atoms with Gasteiger partial charge in [-0.2, -0.15) is 5.10 Å². The molecule has 0 radical (unpaired) electrons. The molecule has 122 valence electrons. The Bertz CT molecular complexity index is 680. The van der Waals surface area contributed by atoms with Crippen LogP contribution in [0.25, 0.3) is 0 Å². The second-order valence-corrected chi connectivity index (χ2v) is 7.52. The van der Waals surface area contributed by atoms with Crippen LogP contribution in [0.1, 0.15) is 12.8 Å². The van der Waals surface area contributed by atoms with E-state index in [-0.39, 0.29) is 11.5 Å². The van der Waals surface area contributed by atoms with Crippen molar-refractivity contribution in [1.82, 2.24) is 4.90 Å². The molecule has 2 bridgehead atoms. The molecule has 3 aliphatic carbocycles. The number of hydrogen-bond acceptors (Lipinski definition) is 5. The summed E-state index contributed by atoms with van der Waals surface area (Å²) < 4.78 is 12.1. The zero-order valence-electron chi connectivity index (χ0n) is 13.6. The van der Waals surface area contributed by atoms with Crippen LogP contribution in [0, 0.1) is 23.2 Å². The topological polar surface area (TPSA) is 60.1 Å². The number of hydrogen-bond donors (Lipinski definition) is 1. The van der Waals surface area contributed by atoms with Crippen LogP contribution in [-0.4, -0.2) is 43.5 Å². The number of likely N-dealkylation sites (tertiary alicyclic amines) is 1. The van der Waals surface area contributed by atoms with Gasteiger partial charge in [-0.25, -0.2) is 0 Å². The highest BCUT2D eigenvalue weighted by molar-refractivity contribution is 6.00. The molecule has 1 saturated carbocycles. The van der Waals surface area contributed by atoms with Gasteiger partial charge in [-0.15, -0.1) is 0 Å². The lowest BCUT2D eigenvalue weighted by atomic mass is 9.48. The van der Waals surface area contributed by atoms with E-state index in [0.29, 0.717) is 23.8 Å². The second kappa shape index (κ2) is 4.41. The Morgan fingerprint density at radius 2 is 2.26 bits per heavy atom. The molecule has 2 N–H and O–H groups in total. The first-order valence-electron chi connectivity index (χ1n) is 8.50. The number of methoxy groups -OCH3 is 1. The molecule has 23 heavy (non-hydrogen) atoms. The molecule has 2 saturated heterocycles. The van der Waals surface area contributed by atoms with Crippen molar-refractivity contribution in [3.63, 3.8) is 0 Å². The van der Waals surface area contributed by atoms with Crippen LogP contribution >= 0.6 is 0 Å². The Morgan fingerprint density at radius 1 is 1.39 bits per heavy atom. The summed E-state index contributed by atoms with van der Waals surface area (Å²) in [5.74, 6) is 9.01. The van der Waals surface area contributed by atoms with Crippen LogP contribution < -0.4 is 5.84 Å². The first-order chi connectivity index (χ1) is 11.2. The maximum Gasteiger partial charge on any atom is 0.156 e. The average Bonchev–Trinajstić information content (AvgIpc) is 2.92. The van der Waals surface area contributed by atoms with Gasteiger partial charge in [0, 0.05) is 23.3 Å². The van der Waals surface area contributed by atoms with E-state index in [1.165, 1.54) is 6.42 Å². The van der Waals surface area contributed by atoms with Crippen LogP contribution in [0.4, 0.5) is 0 Å². The summed E-state index contributed by atoms with van der Waals surface area (Å²) in [6.07, 6.45) is 11.1. The number of piperidine rings is 1. The maximum atomic E-state index is 6.49. The van der Waals surface area contributed by atoms with E-state index in [1.54, 1.807) is 7.11 Å². The fourth-order valence-corrected chi connectivity index (χ4v) is 5.96. The lowest BCUT2D eigenvalue weighted by molar-refractivity contribution is -0.0758. The van der Waals surface area contributed by atoms with Crippen molar-refractivity contribution >= 4 is 5.71 Å². The number of ether oxygens (including phenoxy) is 2. The highest BCUT2D eigenvalue weighted by Crippen LogP contribution is 2.66. The molecule has 0 aromatic carbocycles. The van der Waals surface area contributed by atoms with Gasteiger partial charge in [0.05, 0.1) is 7.11 Å². The standard InChI is InChI=1S/C18H23N3O2/c1-21-8-7-18-11-4-5-12(20-19)17(18)23-16-14(22-2)6-3-10(15(16)18)9-13(11)21/h3-6,10-11,13,15,17H,7-9,19H2,1-2H3/t10?,11-,13+,15?,17-,18-/m0/s1. The largest absolute Gasteiger partial charge is 0.493 e. The SMILES string of the molecule is COC1=C2O[C@H]3C(=NN)C=C[C@H]4[C@H]5CC(C=C1)C2[C@@]34CCN5C. The van der Waals surface area contributed by atoms with E-state index < -0.39 is 0 Å². The number of hydrazone groups is 1. The van der Waals surface area contributed by atoms with Gasteiger partial charge < -0.3 is 20.2 Å². The van der Waals surface area contributed by atoms with Crippen molar-refractivity contribution in [2.24, 2.45) is 34.1 Å². The fourth-order valence-electron chi connectivity index (χ4n) is 5.96. The van der Waals surface area contributed by atoms with Crippen LogP contribution in [0.5, 0.6) is 0 Å². The van der Waals surface area contributed by atoms with Gasteiger partial charge in [-0.05, 0) is 44.5 Å². The third-order valence-corrected chi connectivity index (χ3v) is 6.88. The van der Waals surface area contributed by atoms with Gasteiger partial charge in [0.25, 0.3) is 0 Å². The maximum absolute atomic E-state index is 6.49. The Hall–Kier alpha value is -1.75. The van der Waals surface area contributed by atoms with Crippen LogP contribution in [-0.2, 0) is 9.47 Å². The molecule has 0 amide bonds. The molecule has 3 fully saturated rings. The van der Waals surface area contributed by atoms with E-state index in [4.69, 9.17) is 15.3 Å². The lowest BCUT2D eigenvalue weighted by Crippen LogP contribution is -2.64. The Morgan fingerprint density at radius 3 is 3.04 bits per heavy atom. The van der Waals surface area contributed by atoms with Crippen LogP contribution in [0.2, 0.25) is 0 Å². The van der Waals surface area contributed by atoms with Gasteiger partial charge in [-0.3, -0.25) is 0 Å². The van der Waals surface area contributed by atoms with E-state index in [9.17, 15) is 0 Å². The quantitative estimate of drug-likeness (QED) is 0.590. The first kappa shape index (κ1) is 13.7. The van der Waals surface area contributed by atoms with Gasteiger partial charge in [0.15, 0.2) is 5.76 Å². The smallest absolute Gasteiger partial charge is 0.156 e. The average molecular weight is 313 g/mol. The number of nitrogens with two attached hydrogens (primary N) is 1. The van der Waals surface area contributed by atoms with E-state index >= 15 is 0 Å². The minimum Gasteiger partial charge on any atom is -0.493 e. The first-order valence-corrected chi connectivity index (χ1v) is 8.50. The van der Waals surface area contributed by atoms with Crippen molar-refractivity contribution in [2.45, 2.75) is 25.0 Å². The highest BCUT2D eigenvalue weighted by Gasteiger charge is 2.69. The van der Waals surface area contributed by atoms with Crippen molar-refractivity contribution in [2.75, 3.05) is 20.7 Å². The number of nitrogens with zero attached hydrogens (tertiary/aromatic N) is 2. The summed E-state index contributed by atoms with van der Waals surface area (Å²) in [7, 11) is 3.98. The fraction of sp³-hybridized carbons (Fsp3) is 0.611. The lowest BCUT2D eigenvalue weighted by Gasteiger charge is -2.59. The zero-order valence-corrected chi connectivity index (χ0v) is 13.6. The van der Waals surface area contributed by atoms with Crippen LogP contribution in [0.15, 0.2) is 40.9 Å². The highest BCUT2D eigenvalue weighted by atomic mass is 16.5. The van der Waals surface area contributed by atoms with Gasteiger partial charge in [0.2, 0.25) is 0 Å². The second-order valence-electron chi connectivity index (χ2n) is 7.52. The third-order valence-electron chi connectivity index (χ3n) is 6.88. The minimum absolute atomic E-state index is 0.0356. The zero-order chi connectivity index (χ0) is 15.8. The van der Waals surface area contributed by atoms with Gasteiger partial charge >= 0.3 is 0 Å². The summed E-state index contributed by atoms with van der Waals surface area (Å²) in [5, 5.41) is 4.05. The molecule has 0 aromatic heterocycles. The molecule has 2 unspecified atom stereocenters. The summed E-state index contributed by atoms with van der Waals surface area (Å²) in [6, 6.07) is 0.569. The molecule has 5 rings (SSSR count). The van der Waals surface area contributed by atoms with Crippen LogP contribution in [0.3, 0.4) is 0 Å². The van der Waals surface area contributed by atoms with Gasteiger partial charge in [0.1, 0.15) is 17.6 Å². The summed E-state index contributed by atoms with van der Waals surface area (Å²) >= 11 is 0. The summed E-state index contributed by atoms with van der Waals surface area (Å²) in [6.45, 7) is 1.11. The molecular weight excluding hydrogens is 290 g/mol. The minimum atomic E-state index is -0.0356. The number of rotatable bonds is 1. The van der Waals surface area contributed by atoms with Crippen molar-refractivity contribution in [1.29, 1.82) is 0 Å². The molecular formula is C18H23N3O2. The Kier molecular flexibility index (Phi) is 2.62. The number of allylic oxidation sites excluding steroid dienone is 3. The monoisotopic (exact) mass is 313 g/mol. The Balaban J connectivity index is 1.75. The molecule has 5 aliphatic rings.